The van der Waals surface area contributed by atoms with Crippen LogP contribution < -0.4 is 5.73 Å². The number of amides is 2. The molecule has 6 nitrogen and oxygen atoms in total. The number of nitrogens with two attached hydrogens (primary N) is 1. The Labute approximate surface area is 171 Å². The average Bonchev–Trinajstić information content (AvgIpc) is 2.76. The molecule has 3 heterocycles. The maximum Gasteiger partial charge on any atom is 0.255 e. The van der Waals surface area contributed by atoms with Crippen molar-refractivity contribution >= 4 is 17.6 Å². The van der Waals surface area contributed by atoms with Crippen LogP contribution in [-0.4, -0.2) is 52.8 Å². The fourth-order valence-electron chi connectivity index (χ4n) is 4.52. The second-order valence-electron chi connectivity index (χ2n) is 8.31. The molecule has 4 rings (SSSR count). The van der Waals surface area contributed by atoms with E-state index < -0.39 is 0 Å². The summed E-state index contributed by atoms with van der Waals surface area (Å²) in [5.74, 6) is 0.694. The first-order chi connectivity index (χ1) is 14.0. The van der Waals surface area contributed by atoms with Gasteiger partial charge in [0.15, 0.2) is 0 Å². The van der Waals surface area contributed by atoms with E-state index in [2.05, 4.69) is 17.1 Å². The summed E-state index contributed by atoms with van der Waals surface area (Å²) >= 11 is 0. The number of pyridine rings is 1. The largest absolute Gasteiger partial charge is 0.384 e. The normalized spacial score (nSPS) is 18.8. The number of anilines is 1. The lowest BCUT2D eigenvalue weighted by atomic mass is 9.72. The fraction of sp³-hybridized carbons (Fsp3) is 0.435. The van der Waals surface area contributed by atoms with Crippen LogP contribution in [0, 0.1) is 5.41 Å². The van der Waals surface area contributed by atoms with E-state index in [1.807, 2.05) is 28.0 Å². The molecule has 2 amide bonds. The van der Waals surface area contributed by atoms with Gasteiger partial charge in [-0.2, -0.15) is 0 Å². The van der Waals surface area contributed by atoms with Crippen LogP contribution in [-0.2, 0) is 11.2 Å². The van der Waals surface area contributed by atoms with Gasteiger partial charge in [-0.3, -0.25) is 9.59 Å². The van der Waals surface area contributed by atoms with Crippen molar-refractivity contribution < 1.29 is 9.59 Å². The molecule has 2 aliphatic rings. The molecular weight excluding hydrogens is 364 g/mol. The van der Waals surface area contributed by atoms with Crippen LogP contribution >= 0.6 is 0 Å². The van der Waals surface area contributed by atoms with Crippen LogP contribution in [0.5, 0.6) is 0 Å². The van der Waals surface area contributed by atoms with Crippen LogP contribution in [0.1, 0.15) is 41.6 Å². The lowest BCUT2D eigenvalue weighted by molar-refractivity contribution is -0.138. The van der Waals surface area contributed by atoms with Gasteiger partial charge in [-0.1, -0.05) is 30.3 Å². The summed E-state index contributed by atoms with van der Waals surface area (Å²) in [6.45, 7) is 3.03. The highest BCUT2D eigenvalue weighted by molar-refractivity contribution is 5.94. The van der Waals surface area contributed by atoms with E-state index in [4.69, 9.17) is 5.73 Å². The number of piperidine rings is 2. The average molecular weight is 393 g/mol. The van der Waals surface area contributed by atoms with Crippen molar-refractivity contribution in [3.8, 4) is 0 Å². The molecule has 2 fully saturated rings. The van der Waals surface area contributed by atoms with Crippen LogP contribution in [0.4, 0.5) is 5.82 Å². The van der Waals surface area contributed by atoms with Crippen LogP contribution in [0.25, 0.3) is 0 Å². The molecule has 0 radical (unpaired) electrons. The lowest BCUT2D eigenvalue weighted by Gasteiger charge is -2.47. The molecule has 0 atom stereocenters. The number of carbonyl (C=O) groups is 2. The Morgan fingerprint density at radius 2 is 1.83 bits per heavy atom. The van der Waals surface area contributed by atoms with E-state index in [0.717, 1.165) is 51.9 Å². The molecular formula is C23H28N4O2. The third-order valence-electron chi connectivity index (χ3n) is 6.41. The number of likely N-dealkylation sites (tertiary alicyclic amines) is 2. The lowest BCUT2D eigenvalue weighted by Crippen LogP contribution is -2.52. The summed E-state index contributed by atoms with van der Waals surface area (Å²) in [5, 5.41) is 0. The molecule has 2 N–H and O–H groups in total. The van der Waals surface area contributed by atoms with Crippen molar-refractivity contribution in [3.05, 3.63) is 59.8 Å². The van der Waals surface area contributed by atoms with Gasteiger partial charge in [-0.25, -0.2) is 4.98 Å². The topological polar surface area (TPSA) is 79.5 Å². The quantitative estimate of drug-likeness (QED) is 0.868. The zero-order chi connectivity index (χ0) is 20.3. The third kappa shape index (κ3) is 4.42. The Morgan fingerprint density at radius 3 is 2.52 bits per heavy atom. The molecule has 0 unspecified atom stereocenters. The van der Waals surface area contributed by atoms with Crippen LogP contribution in [0.15, 0.2) is 48.7 Å². The Morgan fingerprint density at radius 1 is 1.07 bits per heavy atom. The highest BCUT2D eigenvalue weighted by atomic mass is 16.2. The highest BCUT2D eigenvalue weighted by Gasteiger charge is 2.41. The minimum absolute atomic E-state index is 0.0140. The molecule has 1 aromatic heterocycles. The number of benzene rings is 1. The Bertz CT molecular complexity index is 858. The second kappa shape index (κ2) is 8.23. The SMILES string of the molecule is Nc1ccc(C(=O)N2CCC3(CCC(=O)N(CCc4ccccc4)C3)CC2)cn1. The summed E-state index contributed by atoms with van der Waals surface area (Å²) in [5.41, 5.74) is 7.60. The molecule has 152 valence electrons. The standard InChI is InChI=1S/C23H28N4O2/c24-20-7-6-19(16-25-20)22(29)26-14-11-23(12-15-26)10-8-21(28)27(17-23)13-9-18-4-2-1-3-5-18/h1-7,16H,8-15,17H2,(H2,24,25). The first kappa shape index (κ1) is 19.4. The van der Waals surface area contributed by atoms with Gasteiger partial charge < -0.3 is 15.5 Å². The summed E-state index contributed by atoms with van der Waals surface area (Å²) in [6.07, 6.45) is 5.86. The predicted molar refractivity (Wildman–Crippen MR) is 112 cm³/mol. The minimum Gasteiger partial charge on any atom is -0.384 e. The molecule has 6 heteroatoms. The van der Waals surface area contributed by atoms with Gasteiger partial charge >= 0.3 is 0 Å². The number of hydrogen-bond acceptors (Lipinski definition) is 4. The zero-order valence-electron chi connectivity index (χ0n) is 16.7. The maximum absolute atomic E-state index is 12.7. The monoisotopic (exact) mass is 392 g/mol. The van der Waals surface area contributed by atoms with Crippen LogP contribution in [0.3, 0.4) is 0 Å². The molecule has 2 aliphatic heterocycles. The molecule has 2 saturated heterocycles. The minimum atomic E-state index is 0.0140. The number of carbonyl (C=O) groups excluding carboxylic acids is 2. The molecule has 0 aliphatic carbocycles. The number of nitrogen functional groups attached to an aromatic ring is 1. The van der Waals surface area contributed by atoms with Gasteiger partial charge in [0.25, 0.3) is 5.91 Å². The second-order valence-corrected chi connectivity index (χ2v) is 8.31. The summed E-state index contributed by atoms with van der Waals surface area (Å²) in [6, 6.07) is 13.7. The summed E-state index contributed by atoms with van der Waals surface area (Å²) < 4.78 is 0. The molecule has 1 aromatic carbocycles. The Balaban J connectivity index is 1.35. The maximum atomic E-state index is 12.7. The van der Waals surface area contributed by atoms with Gasteiger partial charge in [0, 0.05) is 38.8 Å². The van der Waals surface area contributed by atoms with Crippen molar-refractivity contribution in [1.29, 1.82) is 0 Å². The molecule has 1 spiro atoms. The van der Waals surface area contributed by atoms with E-state index in [-0.39, 0.29) is 17.2 Å². The van der Waals surface area contributed by atoms with E-state index in [1.54, 1.807) is 18.3 Å². The zero-order valence-corrected chi connectivity index (χ0v) is 16.7. The van der Waals surface area contributed by atoms with E-state index in [0.29, 0.717) is 17.8 Å². The molecule has 2 aromatic rings. The van der Waals surface area contributed by atoms with Crippen molar-refractivity contribution in [2.75, 3.05) is 31.9 Å². The van der Waals surface area contributed by atoms with Crippen molar-refractivity contribution in [2.45, 2.75) is 32.1 Å². The molecule has 29 heavy (non-hydrogen) atoms. The molecule has 0 saturated carbocycles. The van der Waals surface area contributed by atoms with Crippen molar-refractivity contribution in [1.82, 2.24) is 14.8 Å². The number of nitrogens with zero attached hydrogens (tertiary/aromatic N) is 3. The van der Waals surface area contributed by atoms with Gasteiger partial charge in [0.1, 0.15) is 5.82 Å². The van der Waals surface area contributed by atoms with E-state index >= 15 is 0 Å². The fourth-order valence-corrected chi connectivity index (χ4v) is 4.52. The van der Waals surface area contributed by atoms with E-state index in [9.17, 15) is 9.59 Å². The van der Waals surface area contributed by atoms with Crippen molar-refractivity contribution in [2.24, 2.45) is 5.41 Å². The first-order valence-corrected chi connectivity index (χ1v) is 10.4. The van der Waals surface area contributed by atoms with E-state index in [1.165, 1.54) is 5.56 Å². The van der Waals surface area contributed by atoms with Gasteiger partial charge in [0.2, 0.25) is 5.91 Å². The van der Waals surface area contributed by atoms with Gasteiger partial charge in [-0.05, 0) is 48.8 Å². The predicted octanol–water partition coefficient (Wildman–Crippen LogP) is 2.75. The highest BCUT2D eigenvalue weighted by Crippen LogP contribution is 2.40. The number of rotatable bonds is 4. The van der Waals surface area contributed by atoms with Gasteiger partial charge in [-0.15, -0.1) is 0 Å². The number of hydrogen-bond donors (Lipinski definition) is 1. The summed E-state index contributed by atoms with van der Waals surface area (Å²) in [4.78, 5) is 33.2. The van der Waals surface area contributed by atoms with Crippen LogP contribution in [0.2, 0.25) is 0 Å². The third-order valence-corrected chi connectivity index (χ3v) is 6.41. The smallest absolute Gasteiger partial charge is 0.255 e. The summed E-state index contributed by atoms with van der Waals surface area (Å²) in [7, 11) is 0. The Hall–Kier alpha value is -2.89. The first-order valence-electron chi connectivity index (χ1n) is 10.4. The van der Waals surface area contributed by atoms with Gasteiger partial charge in [0.05, 0.1) is 5.56 Å². The Kier molecular flexibility index (Phi) is 5.51. The molecule has 0 bridgehead atoms. The van der Waals surface area contributed by atoms with Crippen molar-refractivity contribution in [3.63, 3.8) is 0 Å². The number of aromatic nitrogens is 1.